The van der Waals surface area contributed by atoms with Crippen molar-refractivity contribution in [3.05, 3.63) is 124 Å². The van der Waals surface area contributed by atoms with Gasteiger partial charge in [0.05, 0.1) is 12.2 Å². The van der Waals surface area contributed by atoms with Gasteiger partial charge in [-0.2, -0.15) is 0 Å². The second-order valence-electron chi connectivity index (χ2n) is 11.5. The molecule has 4 aromatic rings. The summed E-state index contributed by atoms with van der Waals surface area (Å²) in [6.45, 7) is 11.4. The van der Waals surface area contributed by atoms with Crippen molar-refractivity contribution in [2.75, 3.05) is 0 Å². The van der Waals surface area contributed by atoms with Crippen molar-refractivity contribution < 1.29 is 23.4 Å². The monoisotopic (exact) mass is 603 g/mol. The number of carbonyl (C=O) groups is 1. The topological polar surface area (TPSA) is 66.9 Å². The van der Waals surface area contributed by atoms with Crippen LogP contribution in [0.1, 0.15) is 53.4 Å². The molecular weight excluding hydrogens is 566 g/mol. The van der Waals surface area contributed by atoms with Crippen LogP contribution in [0.5, 0.6) is 11.6 Å². The molecule has 0 N–H and O–H groups in total. The molecule has 0 bridgehead atoms. The third-order valence-electron chi connectivity index (χ3n) is 7.41. The molecule has 1 aromatic heterocycles. The van der Waals surface area contributed by atoms with Gasteiger partial charge in [0.2, 0.25) is 5.88 Å². The zero-order chi connectivity index (χ0) is 30.2. The molecule has 6 nitrogen and oxygen atoms in total. The van der Waals surface area contributed by atoms with Gasteiger partial charge in [-0.25, -0.2) is 9.78 Å². The van der Waals surface area contributed by atoms with Crippen LogP contribution in [-0.2, 0) is 35.6 Å². The van der Waals surface area contributed by atoms with Gasteiger partial charge in [0.15, 0.2) is 13.9 Å². The zero-order valence-corrected chi connectivity index (χ0v) is 26.6. The van der Waals surface area contributed by atoms with Crippen molar-refractivity contribution in [2.45, 2.75) is 65.3 Å². The molecule has 8 heteroatoms. The molecule has 0 atom stereocenters. The summed E-state index contributed by atoms with van der Waals surface area (Å²) in [5, 5.41) is 0.119. The Kier molecular flexibility index (Phi) is 10.4. The lowest BCUT2D eigenvalue weighted by atomic mass is 10.1. The predicted molar refractivity (Wildman–Crippen MR) is 168 cm³/mol. The Morgan fingerprint density at radius 1 is 0.738 bits per heavy atom. The highest BCUT2D eigenvalue weighted by molar-refractivity contribution is 6.74. The van der Waals surface area contributed by atoms with Crippen LogP contribution in [0.25, 0.3) is 0 Å². The van der Waals surface area contributed by atoms with Crippen LogP contribution in [-0.4, -0.2) is 19.3 Å². The van der Waals surface area contributed by atoms with Gasteiger partial charge < -0.3 is 18.6 Å². The number of carbonyl (C=O) groups excluding carboxylic acids is 1. The van der Waals surface area contributed by atoms with E-state index in [4.69, 9.17) is 30.2 Å². The molecule has 0 amide bonds. The number of aromatic nitrogens is 1. The third-order valence-corrected chi connectivity index (χ3v) is 12.2. The molecule has 0 aliphatic rings. The fourth-order valence-electron chi connectivity index (χ4n) is 3.84. The number of benzene rings is 3. The quantitative estimate of drug-likeness (QED) is 0.0916. The first-order valence-corrected chi connectivity index (χ1v) is 17.2. The number of nitrogens with zero attached hydrogens (tertiary/aromatic N) is 1. The van der Waals surface area contributed by atoms with Gasteiger partial charge in [0.1, 0.15) is 30.7 Å². The summed E-state index contributed by atoms with van der Waals surface area (Å²) in [6, 6.07) is 28.8. The SMILES string of the molecule is CC(C)(C)[Si](C)(C)OCc1c(Cl)nc(OCc2ccccc2)c(C(=O)OCc2ccccc2)c1OCc1ccccc1. The molecule has 42 heavy (non-hydrogen) atoms. The molecule has 0 saturated carbocycles. The third kappa shape index (κ3) is 8.22. The average Bonchev–Trinajstić information content (AvgIpc) is 2.98. The minimum atomic E-state index is -2.19. The molecule has 0 radical (unpaired) electrons. The van der Waals surface area contributed by atoms with Gasteiger partial charge >= 0.3 is 5.97 Å². The number of ether oxygens (including phenoxy) is 3. The summed E-state index contributed by atoms with van der Waals surface area (Å²) in [4.78, 5) is 18.3. The maximum Gasteiger partial charge on any atom is 0.347 e. The molecule has 0 spiro atoms. The lowest BCUT2D eigenvalue weighted by molar-refractivity contribution is 0.0460. The lowest BCUT2D eigenvalue weighted by Crippen LogP contribution is -2.40. The maximum absolute atomic E-state index is 13.8. The zero-order valence-electron chi connectivity index (χ0n) is 24.9. The maximum atomic E-state index is 13.8. The highest BCUT2D eigenvalue weighted by Gasteiger charge is 2.38. The van der Waals surface area contributed by atoms with Crippen LogP contribution in [0.3, 0.4) is 0 Å². The van der Waals surface area contributed by atoms with E-state index in [0.717, 1.165) is 16.7 Å². The van der Waals surface area contributed by atoms with E-state index in [9.17, 15) is 4.79 Å². The molecule has 220 valence electrons. The van der Waals surface area contributed by atoms with E-state index in [1.807, 2.05) is 91.0 Å². The molecule has 0 unspecified atom stereocenters. The number of pyridine rings is 1. The summed E-state index contributed by atoms with van der Waals surface area (Å²) < 4.78 is 24.8. The number of halogens is 1. The highest BCUT2D eigenvalue weighted by atomic mass is 35.5. The fraction of sp³-hybridized carbons (Fsp3) is 0.294. The van der Waals surface area contributed by atoms with E-state index in [-0.39, 0.29) is 53.8 Å². The van der Waals surface area contributed by atoms with Gasteiger partial charge in [-0.15, -0.1) is 0 Å². The molecule has 1 heterocycles. The number of rotatable bonds is 12. The van der Waals surface area contributed by atoms with E-state index < -0.39 is 14.3 Å². The first-order chi connectivity index (χ1) is 20.0. The number of hydrogen-bond donors (Lipinski definition) is 0. The van der Waals surface area contributed by atoms with E-state index >= 15 is 0 Å². The van der Waals surface area contributed by atoms with Crippen LogP contribution in [0.2, 0.25) is 23.3 Å². The van der Waals surface area contributed by atoms with Gasteiger partial charge in [-0.1, -0.05) is 123 Å². The Morgan fingerprint density at radius 2 is 1.21 bits per heavy atom. The Bertz CT molecular complexity index is 1460. The van der Waals surface area contributed by atoms with Gasteiger partial charge in [-0.05, 0) is 34.8 Å². The first kappa shape index (κ1) is 31.3. The predicted octanol–water partition coefficient (Wildman–Crippen LogP) is 8.77. The standard InChI is InChI=1S/C34H38ClNO5Si/c1-34(2,3)42(4,5)41-24-28-30(38-21-25-15-9-6-10-16-25)29(33(37)40-23-27-19-13-8-14-20-27)32(36-31(28)35)39-22-26-17-11-7-12-18-26/h6-20H,21-24H2,1-5H3. The second-order valence-corrected chi connectivity index (χ2v) is 16.7. The Hall–Kier alpha value is -3.65. The molecule has 0 aliphatic carbocycles. The van der Waals surface area contributed by atoms with Crippen LogP contribution in [0.15, 0.2) is 91.0 Å². The smallest absolute Gasteiger partial charge is 0.347 e. The summed E-state index contributed by atoms with van der Waals surface area (Å²) in [5.74, 6) is -0.331. The van der Waals surface area contributed by atoms with Crippen molar-refractivity contribution in [2.24, 2.45) is 0 Å². The van der Waals surface area contributed by atoms with E-state index in [0.29, 0.717) is 5.56 Å². The van der Waals surface area contributed by atoms with E-state index in [2.05, 4.69) is 38.8 Å². The van der Waals surface area contributed by atoms with Gasteiger partial charge in [0.25, 0.3) is 0 Å². The summed E-state index contributed by atoms with van der Waals surface area (Å²) in [5.41, 5.74) is 3.26. The highest BCUT2D eigenvalue weighted by Crippen LogP contribution is 2.41. The molecular formula is C34H38ClNO5Si. The normalized spacial score (nSPS) is 11.7. The summed E-state index contributed by atoms with van der Waals surface area (Å²) in [7, 11) is -2.19. The average molecular weight is 604 g/mol. The molecule has 0 aliphatic heterocycles. The van der Waals surface area contributed by atoms with Crippen molar-refractivity contribution in [1.29, 1.82) is 0 Å². The van der Waals surface area contributed by atoms with E-state index in [1.54, 1.807) is 0 Å². The van der Waals surface area contributed by atoms with Crippen molar-refractivity contribution in [1.82, 2.24) is 4.98 Å². The number of esters is 1. The Labute approximate surface area is 254 Å². The minimum Gasteiger partial charge on any atom is -0.487 e. The van der Waals surface area contributed by atoms with Crippen molar-refractivity contribution >= 4 is 25.9 Å². The first-order valence-electron chi connectivity index (χ1n) is 14.0. The van der Waals surface area contributed by atoms with Gasteiger partial charge in [-0.3, -0.25) is 0 Å². The fourth-order valence-corrected chi connectivity index (χ4v) is 5.00. The molecule has 0 fully saturated rings. The van der Waals surface area contributed by atoms with Crippen molar-refractivity contribution in [3.8, 4) is 11.6 Å². The van der Waals surface area contributed by atoms with Gasteiger partial charge in [0, 0.05) is 0 Å². The minimum absolute atomic E-state index is 0.0336. The van der Waals surface area contributed by atoms with Crippen LogP contribution in [0, 0.1) is 0 Å². The van der Waals surface area contributed by atoms with E-state index in [1.165, 1.54) is 0 Å². The number of hydrogen-bond acceptors (Lipinski definition) is 6. The molecule has 3 aromatic carbocycles. The Morgan fingerprint density at radius 3 is 1.71 bits per heavy atom. The lowest BCUT2D eigenvalue weighted by Gasteiger charge is -2.36. The van der Waals surface area contributed by atoms with Crippen LogP contribution in [0.4, 0.5) is 0 Å². The van der Waals surface area contributed by atoms with Crippen molar-refractivity contribution in [3.63, 3.8) is 0 Å². The second kappa shape index (κ2) is 14.0. The summed E-state index contributed by atoms with van der Waals surface area (Å²) >= 11 is 6.80. The van der Waals surface area contributed by atoms with Crippen LogP contribution < -0.4 is 9.47 Å². The molecule has 0 saturated heterocycles. The summed E-state index contributed by atoms with van der Waals surface area (Å²) in [6.07, 6.45) is 0. The molecule has 4 rings (SSSR count). The Balaban J connectivity index is 1.76. The van der Waals surface area contributed by atoms with Crippen LogP contribution >= 0.6 is 11.6 Å². The largest absolute Gasteiger partial charge is 0.487 e.